The summed E-state index contributed by atoms with van der Waals surface area (Å²) >= 11 is 6.03. The van der Waals surface area contributed by atoms with Crippen LogP contribution in [0.5, 0.6) is 0 Å². The summed E-state index contributed by atoms with van der Waals surface area (Å²) in [6.07, 6.45) is 6.64. The Balaban J connectivity index is 1.96. The fourth-order valence-electron chi connectivity index (χ4n) is 1.91. The highest BCUT2D eigenvalue weighted by atomic mass is 35.5. The summed E-state index contributed by atoms with van der Waals surface area (Å²) < 4.78 is 6.79. The summed E-state index contributed by atoms with van der Waals surface area (Å²) in [6, 6.07) is 10.7. The van der Waals surface area contributed by atoms with Crippen molar-refractivity contribution in [3.05, 3.63) is 71.9 Å². The van der Waals surface area contributed by atoms with Crippen LogP contribution in [0.4, 0.5) is 5.69 Å². The maximum absolute atomic E-state index is 12.1. The first-order valence-corrected chi connectivity index (χ1v) is 6.38. The number of rotatable bonds is 3. The molecule has 3 rings (SSSR count). The van der Waals surface area contributed by atoms with Gasteiger partial charge in [0, 0.05) is 17.4 Å². The van der Waals surface area contributed by atoms with Crippen molar-refractivity contribution in [1.29, 1.82) is 0 Å². The van der Waals surface area contributed by atoms with Crippen molar-refractivity contribution in [2.75, 3.05) is 5.32 Å². The standard InChI is InChI=1S/C15H11ClN2O2/c16-12-3-4-13(14(9-12)18-6-1-2-7-18)17-15(19)11-5-8-20-10-11/h1-10H,(H,17,19). The van der Waals surface area contributed by atoms with E-state index in [0.29, 0.717) is 16.3 Å². The van der Waals surface area contributed by atoms with E-state index in [1.165, 1.54) is 12.5 Å². The van der Waals surface area contributed by atoms with Gasteiger partial charge in [-0.05, 0) is 36.4 Å². The first-order chi connectivity index (χ1) is 9.74. The molecule has 1 amide bonds. The van der Waals surface area contributed by atoms with Crippen LogP contribution in [0.1, 0.15) is 10.4 Å². The SMILES string of the molecule is O=C(Nc1ccc(Cl)cc1-n1cccc1)c1ccoc1. The Kier molecular flexibility index (Phi) is 3.31. The molecule has 0 saturated carbocycles. The normalized spacial score (nSPS) is 10.4. The number of furan rings is 1. The Hall–Kier alpha value is -2.46. The minimum Gasteiger partial charge on any atom is -0.472 e. The maximum atomic E-state index is 12.1. The highest BCUT2D eigenvalue weighted by molar-refractivity contribution is 6.31. The lowest BCUT2D eigenvalue weighted by atomic mass is 10.2. The Labute approximate surface area is 120 Å². The zero-order chi connectivity index (χ0) is 13.9. The van der Waals surface area contributed by atoms with E-state index >= 15 is 0 Å². The zero-order valence-electron chi connectivity index (χ0n) is 10.4. The second kappa shape index (κ2) is 5.27. The summed E-state index contributed by atoms with van der Waals surface area (Å²) in [6.45, 7) is 0. The number of anilines is 1. The third-order valence-corrected chi connectivity index (χ3v) is 3.11. The Morgan fingerprint density at radius 2 is 2.00 bits per heavy atom. The molecule has 0 aliphatic heterocycles. The summed E-state index contributed by atoms with van der Waals surface area (Å²) in [5.41, 5.74) is 1.95. The highest BCUT2D eigenvalue weighted by Crippen LogP contribution is 2.25. The van der Waals surface area contributed by atoms with Gasteiger partial charge in [0.1, 0.15) is 6.26 Å². The van der Waals surface area contributed by atoms with Crippen molar-refractivity contribution in [3.63, 3.8) is 0 Å². The number of hydrogen-bond donors (Lipinski definition) is 1. The van der Waals surface area contributed by atoms with E-state index in [2.05, 4.69) is 5.32 Å². The van der Waals surface area contributed by atoms with Crippen molar-refractivity contribution in [3.8, 4) is 5.69 Å². The molecule has 0 atom stereocenters. The quantitative estimate of drug-likeness (QED) is 0.792. The summed E-state index contributed by atoms with van der Waals surface area (Å²) in [4.78, 5) is 12.1. The van der Waals surface area contributed by atoms with Gasteiger partial charge in [-0.3, -0.25) is 4.79 Å². The van der Waals surface area contributed by atoms with Crippen molar-refractivity contribution in [1.82, 2.24) is 4.57 Å². The van der Waals surface area contributed by atoms with E-state index in [0.717, 1.165) is 5.69 Å². The number of amides is 1. The van der Waals surface area contributed by atoms with Crippen LogP contribution < -0.4 is 5.32 Å². The molecule has 0 unspecified atom stereocenters. The van der Waals surface area contributed by atoms with Gasteiger partial charge in [0.25, 0.3) is 5.91 Å². The van der Waals surface area contributed by atoms with Gasteiger partial charge in [-0.25, -0.2) is 0 Å². The smallest absolute Gasteiger partial charge is 0.258 e. The molecule has 3 aromatic rings. The Morgan fingerprint density at radius 1 is 1.20 bits per heavy atom. The number of nitrogens with zero attached hydrogens (tertiary/aromatic N) is 1. The molecule has 2 aromatic heterocycles. The fourth-order valence-corrected chi connectivity index (χ4v) is 2.07. The molecule has 2 heterocycles. The van der Waals surface area contributed by atoms with E-state index < -0.39 is 0 Å². The van der Waals surface area contributed by atoms with Crippen molar-refractivity contribution >= 4 is 23.2 Å². The van der Waals surface area contributed by atoms with E-state index in [9.17, 15) is 4.79 Å². The molecule has 0 saturated heterocycles. The molecular formula is C15H11ClN2O2. The molecule has 0 fully saturated rings. The summed E-state index contributed by atoms with van der Waals surface area (Å²) in [5.74, 6) is -0.227. The van der Waals surface area contributed by atoms with Gasteiger partial charge in [-0.1, -0.05) is 11.6 Å². The van der Waals surface area contributed by atoms with Crippen LogP contribution in [0.3, 0.4) is 0 Å². The predicted octanol–water partition coefficient (Wildman–Crippen LogP) is 3.98. The van der Waals surface area contributed by atoms with Gasteiger partial charge in [0.2, 0.25) is 0 Å². The largest absolute Gasteiger partial charge is 0.472 e. The van der Waals surface area contributed by atoms with E-state index in [-0.39, 0.29) is 5.91 Å². The second-order valence-electron chi connectivity index (χ2n) is 4.22. The number of hydrogen-bond acceptors (Lipinski definition) is 2. The monoisotopic (exact) mass is 286 g/mol. The van der Waals surface area contributed by atoms with Crippen molar-refractivity contribution in [2.24, 2.45) is 0 Å². The molecule has 0 aliphatic carbocycles. The average molecular weight is 287 g/mol. The predicted molar refractivity (Wildman–Crippen MR) is 77.4 cm³/mol. The Bertz CT molecular complexity index is 718. The lowest BCUT2D eigenvalue weighted by Crippen LogP contribution is -2.12. The molecule has 0 bridgehead atoms. The molecule has 0 radical (unpaired) electrons. The van der Waals surface area contributed by atoms with Gasteiger partial charge in [0.15, 0.2) is 0 Å². The van der Waals surface area contributed by atoms with Crippen LogP contribution in [0.2, 0.25) is 5.02 Å². The van der Waals surface area contributed by atoms with Crippen LogP contribution in [-0.2, 0) is 0 Å². The van der Waals surface area contributed by atoms with E-state index in [4.69, 9.17) is 16.0 Å². The molecule has 100 valence electrons. The van der Waals surface area contributed by atoms with Crippen LogP contribution in [0.15, 0.2) is 65.7 Å². The second-order valence-corrected chi connectivity index (χ2v) is 4.65. The number of halogens is 1. The van der Waals surface area contributed by atoms with Gasteiger partial charge in [0.05, 0.1) is 23.2 Å². The van der Waals surface area contributed by atoms with Gasteiger partial charge < -0.3 is 14.3 Å². The summed E-state index contributed by atoms with van der Waals surface area (Å²) in [7, 11) is 0. The maximum Gasteiger partial charge on any atom is 0.258 e. The fraction of sp³-hybridized carbons (Fsp3) is 0. The lowest BCUT2D eigenvalue weighted by molar-refractivity contribution is 0.102. The minimum atomic E-state index is -0.227. The number of benzene rings is 1. The molecule has 1 aromatic carbocycles. The Morgan fingerprint density at radius 3 is 2.70 bits per heavy atom. The zero-order valence-corrected chi connectivity index (χ0v) is 11.2. The molecule has 5 heteroatoms. The first kappa shape index (κ1) is 12.6. The van der Waals surface area contributed by atoms with Crippen LogP contribution in [0.25, 0.3) is 5.69 Å². The van der Waals surface area contributed by atoms with Gasteiger partial charge in [-0.15, -0.1) is 0 Å². The average Bonchev–Trinajstić information content (AvgIpc) is 3.13. The lowest BCUT2D eigenvalue weighted by Gasteiger charge is -2.12. The van der Waals surface area contributed by atoms with Crippen LogP contribution in [-0.4, -0.2) is 10.5 Å². The third kappa shape index (κ3) is 2.46. The molecule has 20 heavy (non-hydrogen) atoms. The third-order valence-electron chi connectivity index (χ3n) is 2.87. The number of aromatic nitrogens is 1. The van der Waals surface area contributed by atoms with Gasteiger partial charge >= 0.3 is 0 Å². The minimum absolute atomic E-state index is 0.227. The van der Waals surface area contributed by atoms with Crippen LogP contribution >= 0.6 is 11.6 Å². The van der Waals surface area contributed by atoms with Gasteiger partial charge in [-0.2, -0.15) is 0 Å². The summed E-state index contributed by atoms with van der Waals surface area (Å²) in [5, 5.41) is 3.46. The van der Waals surface area contributed by atoms with Crippen molar-refractivity contribution in [2.45, 2.75) is 0 Å². The molecular weight excluding hydrogens is 276 g/mol. The number of nitrogens with one attached hydrogen (secondary N) is 1. The number of carbonyl (C=O) groups excluding carboxylic acids is 1. The molecule has 1 N–H and O–H groups in total. The van der Waals surface area contributed by atoms with E-state index in [1.54, 1.807) is 24.3 Å². The topological polar surface area (TPSA) is 47.2 Å². The first-order valence-electron chi connectivity index (χ1n) is 6.00. The van der Waals surface area contributed by atoms with Crippen LogP contribution in [0, 0.1) is 0 Å². The molecule has 0 spiro atoms. The highest BCUT2D eigenvalue weighted by Gasteiger charge is 2.11. The van der Waals surface area contributed by atoms with Crippen molar-refractivity contribution < 1.29 is 9.21 Å². The van der Waals surface area contributed by atoms with E-state index in [1.807, 2.05) is 29.1 Å². The molecule has 4 nitrogen and oxygen atoms in total. The molecule has 0 aliphatic rings. The number of carbonyl (C=O) groups is 1.